The van der Waals surface area contributed by atoms with Gasteiger partial charge in [0.15, 0.2) is 0 Å². The number of anilines is 2. The third-order valence-electron chi connectivity index (χ3n) is 9.17. The molecule has 3 heterocycles. The number of hydrogen-bond acceptors (Lipinski definition) is 6. The van der Waals surface area contributed by atoms with Crippen molar-refractivity contribution in [3.05, 3.63) is 65.7 Å². The van der Waals surface area contributed by atoms with Crippen LogP contribution in [0.25, 0.3) is 0 Å². The third-order valence-corrected chi connectivity index (χ3v) is 11.0. The van der Waals surface area contributed by atoms with Gasteiger partial charge in [-0.1, -0.05) is 32.0 Å². The monoisotopic (exact) mass is 562 g/mol. The first-order chi connectivity index (χ1) is 19.1. The van der Waals surface area contributed by atoms with Crippen molar-refractivity contribution in [3.8, 4) is 0 Å². The second-order valence-corrected chi connectivity index (χ2v) is 14.6. The quantitative estimate of drug-likeness (QED) is 0.414. The van der Waals surface area contributed by atoms with Crippen LogP contribution in [0.2, 0.25) is 0 Å². The number of nitrogens with zero attached hydrogens (tertiary/aromatic N) is 6. The van der Waals surface area contributed by atoms with E-state index >= 15 is 0 Å². The van der Waals surface area contributed by atoms with E-state index in [9.17, 15) is 8.42 Å². The first-order valence-electron chi connectivity index (χ1n) is 14.7. The Labute approximate surface area is 239 Å². The number of likely N-dealkylation sites (tertiary alicyclic amines) is 1. The maximum absolute atomic E-state index is 14.3. The van der Waals surface area contributed by atoms with Gasteiger partial charge in [0.25, 0.3) is 10.0 Å². The van der Waals surface area contributed by atoms with Crippen LogP contribution in [0.15, 0.2) is 53.7 Å². The fourth-order valence-electron chi connectivity index (χ4n) is 7.21. The third kappa shape index (κ3) is 4.61. The Balaban J connectivity index is 1.38. The fraction of sp³-hybridized carbons (Fsp3) is 0.548. The fourth-order valence-corrected chi connectivity index (χ4v) is 8.87. The van der Waals surface area contributed by atoms with E-state index in [1.165, 1.54) is 12.8 Å². The number of fused-ring (bicyclic) bond motifs is 1. The Bertz CT molecular complexity index is 1490. The molecule has 6 rings (SSSR count). The van der Waals surface area contributed by atoms with Gasteiger partial charge in [-0.3, -0.25) is 4.90 Å². The van der Waals surface area contributed by atoms with Gasteiger partial charge in [-0.15, -0.1) is 10.2 Å². The zero-order chi connectivity index (χ0) is 28.2. The Kier molecular flexibility index (Phi) is 6.94. The summed E-state index contributed by atoms with van der Waals surface area (Å²) >= 11 is 0. The number of sulfonamides is 1. The van der Waals surface area contributed by atoms with Gasteiger partial charge in [0, 0.05) is 26.2 Å². The Morgan fingerprint density at radius 3 is 2.55 bits per heavy atom. The van der Waals surface area contributed by atoms with E-state index in [0.717, 1.165) is 55.1 Å². The van der Waals surface area contributed by atoms with Crippen molar-refractivity contribution in [1.82, 2.24) is 19.7 Å². The first kappa shape index (κ1) is 27.3. The highest BCUT2D eigenvalue weighted by Gasteiger charge is 2.48. The lowest BCUT2D eigenvalue weighted by Gasteiger charge is -2.46. The van der Waals surface area contributed by atoms with Gasteiger partial charge < -0.3 is 9.47 Å². The van der Waals surface area contributed by atoms with Gasteiger partial charge >= 0.3 is 0 Å². The summed E-state index contributed by atoms with van der Waals surface area (Å²) in [7, 11) is -1.78. The summed E-state index contributed by atoms with van der Waals surface area (Å²) in [6.45, 7) is 12.0. The van der Waals surface area contributed by atoms with Crippen molar-refractivity contribution in [2.45, 2.75) is 76.3 Å². The average molecular weight is 563 g/mol. The van der Waals surface area contributed by atoms with E-state index in [1.54, 1.807) is 10.6 Å². The lowest BCUT2D eigenvalue weighted by molar-refractivity contribution is 0.176. The summed E-state index contributed by atoms with van der Waals surface area (Å²) in [4.78, 5) is 5.05. The normalized spacial score (nSPS) is 26.6. The van der Waals surface area contributed by atoms with Gasteiger partial charge in [-0.25, -0.2) is 12.7 Å². The molecule has 2 aliphatic heterocycles. The van der Waals surface area contributed by atoms with Crippen LogP contribution in [-0.2, 0) is 29.0 Å². The molecule has 1 atom stereocenters. The number of rotatable bonds is 6. The van der Waals surface area contributed by atoms with Crippen LogP contribution in [-0.4, -0.2) is 53.9 Å². The highest BCUT2D eigenvalue weighted by Crippen LogP contribution is 2.52. The van der Waals surface area contributed by atoms with Crippen LogP contribution in [0.4, 0.5) is 11.4 Å². The molecule has 1 aromatic heterocycles. The zero-order valence-corrected chi connectivity index (χ0v) is 25.2. The van der Waals surface area contributed by atoms with E-state index < -0.39 is 10.0 Å². The molecular formula is C31H42N6O2S. The zero-order valence-electron chi connectivity index (χ0n) is 24.4. The molecule has 3 aromatic rings. The number of aryl methyl sites for hydroxylation is 1. The smallest absolute Gasteiger partial charge is 0.267 e. The molecule has 0 unspecified atom stereocenters. The molecule has 1 saturated heterocycles. The van der Waals surface area contributed by atoms with E-state index in [0.29, 0.717) is 22.4 Å². The molecule has 9 heteroatoms. The van der Waals surface area contributed by atoms with Crippen molar-refractivity contribution in [1.29, 1.82) is 0 Å². The minimum absolute atomic E-state index is 0.145. The van der Waals surface area contributed by atoms with Crippen LogP contribution in [0, 0.1) is 11.8 Å². The highest BCUT2D eigenvalue weighted by atomic mass is 32.2. The molecule has 3 aliphatic rings. The van der Waals surface area contributed by atoms with Crippen LogP contribution in [0.1, 0.15) is 70.3 Å². The largest absolute Gasteiger partial charge is 0.349 e. The van der Waals surface area contributed by atoms with Crippen molar-refractivity contribution < 1.29 is 8.42 Å². The molecule has 214 valence electrons. The first-order valence-corrected chi connectivity index (χ1v) is 16.1. The van der Waals surface area contributed by atoms with Gasteiger partial charge in [0.1, 0.15) is 23.7 Å². The summed E-state index contributed by atoms with van der Waals surface area (Å²) in [5, 5.41) is 8.65. The minimum atomic E-state index is -3.76. The summed E-state index contributed by atoms with van der Waals surface area (Å²) in [5.74, 6) is 2.19. The summed E-state index contributed by atoms with van der Waals surface area (Å²) in [5.41, 5.74) is 3.39. The maximum Gasteiger partial charge on any atom is 0.267 e. The standard InChI is InChI=1S/C31H42N6O2S/c1-22(2)36-21-37(27-10-6-9-26(15-27)31(16-24(4)17-31)30-33-32-20-34(30)5)40(38,39)29-14-25(11-12-28(29)36)19-35-13-7-8-23(3)18-35/h6,9-12,14-15,20,22-24H,7-8,13,16-19,21H2,1-5H3/t23-,24?,31?/m0/s1. The summed E-state index contributed by atoms with van der Waals surface area (Å²) < 4.78 is 32.2. The highest BCUT2D eigenvalue weighted by molar-refractivity contribution is 7.93. The van der Waals surface area contributed by atoms with Crippen molar-refractivity contribution >= 4 is 21.4 Å². The molecule has 0 radical (unpaired) electrons. The number of aromatic nitrogens is 3. The lowest BCUT2D eigenvalue weighted by atomic mass is 9.58. The number of hydrogen-bond donors (Lipinski definition) is 0. The van der Waals surface area contributed by atoms with Gasteiger partial charge in [-0.05, 0) is 93.3 Å². The Hall–Kier alpha value is -2.91. The molecule has 0 bridgehead atoms. The number of piperidine rings is 1. The van der Waals surface area contributed by atoms with Crippen molar-refractivity contribution in [3.63, 3.8) is 0 Å². The minimum Gasteiger partial charge on any atom is -0.349 e. The predicted octanol–water partition coefficient (Wildman–Crippen LogP) is 5.14. The molecular weight excluding hydrogens is 520 g/mol. The topological polar surface area (TPSA) is 74.6 Å². The van der Waals surface area contributed by atoms with Crippen LogP contribution < -0.4 is 9.21 Å². The Morgan fingerprint density at radius 1 is 1.07 bits per heavy atom. The molecule has 2 fully saturated rings. The average Bonchev–Trinajstić information content (AvgIpc) is 3.33. The van der Waals surface area contributed by atoms with Gasteiger partial charge in [0.05, 0.1) is 16.8 Å². The molecule has 1 aliphatic carbocycles. The summed E-state index contributed by atoms with van der Waals surface area (Å²) in [6.07, 6.45) is 6.15. The van der Waals surface area contributed by atoms with Crippen LogP contribution in [0.5, 0.6) is 0 Å². The predicted molar refractivity (Wildman–Crippen MR) is 159 cm³/mol. The van der Waals surface area contributed by atoms with Crippen molar-refractivity contribution in [2.75, 3.05) is 29.0 Å². The van der Waals surface area contributed by atoms with E-state index in [-0.39, 0.29) is 18.1 Å². The summed E-state index contributed by atoms with van der Waals surface area (Å²) in [6, 6.07) is 14.3. The maximum atomic E-state index is 14.3. The SMILES string of the molecule is CC1CC(c2cccc(N3CN(C(C)C)c4ccc(CN5CCC[C@H](C)C5)cc4S3(=O)=O)c2)(c2nncn2C)C1. The molecule has 0 spiro atoms. The van der Waals surface area contributed by atoms with Crippen LogP contribution >= 0.6 is 0 Å². The lowest BCUT2D eigenvalue weighted by Crippen LogP contribution is -2.49. The molecule has 0 amide bonds. The molecule has 1 saturated carbocycles. The molecule has 0 N–H and O–H groups in total. The van der Waals surface area contributed by atoms with Crippen molar-refractivity contribution in [2.24, 2.45) is 18.9 Å². The van der Waals surface area contributed by atoms with Gasteiger partial charge in [0.2, 0.25) is 0 Å². The van der Waals surface area contributed by atoms with E-state index in [2.05, 4.69) is 65.9 Å². The molecule has 8 nitrogen and oxygen atoms in total. The van der Waals surface area contributed by atoms with Crippen LogP contribution in [0.3, 0.4) is 0 Å². The second-order valence-electron chi connectivity index (χ2n) is 12.8. The number of benzene rings is 2. The Morgan fingerprint density at radius 2 is 1.88 bits per heavy atom. The van der Waals surface area contributed by atoms with E-state index in [1.807, 2.05) is 35.9 Å². The second kappa shape index (κ2) is 10.2. The molecule has 40 heavy (non-hydrogen) atoms. The molecule has 2 aromatic carbocycles. The van der Waals surface area contributed by atoms with E-state index in [4.69, 9.17) is 0 Å². The van der Waals surface area contributed by atoms with Gasteiger partial charge in [-0.2, -0.15) is 0 Å².